The number of nitrogens with zero attached hydrogens (tertiary/aromatic N) is 1. The molecule has 1 saturated heterocycles. The largest absolute Gasteiger partial charge is 0.454 e. The number of nitrogens with one attached hydrogen (secondary N) is 2. The van der Waals surface area contributed by atoms with Gasteiger partial charge in [-0.05, 0) is 56.0 Å². The second-order valence-electron chi connectivity index (χ2n) is 6.94. The van der Waals surface area contributed by atoms with Gasteiger partial charge >= 0.3 is 0 Å². The van der Waals surface area contributed by atoms with E-state index in [0.29, 0.717) is 23.4 Å². The molecular weight excluding hydrogens is 350 g/mol. The zero-order valence-corrected chi connectivity index (χ0v) is 15.6. The zero-order valence-electron chi connectivity index (χ0n) is 14.8. The molecule has 0 aliphatic carbocycles. The number of carbonyl (C=O) groups is 1. The van der Waals surface area contributed by atoms with Gasteiger partial charge in [0.25, 0.3) is 0 Å². The van der Waals surface area contributed by atoms with E-state index in [2.05, 4.69) is 22.5 Å². The SMILES string of the molecule is CC(CC(=O)Nc1nc(-c2ccc3c(c2)OCO3)cs1)C1CCCNC1. The third-order valence-electron chi connectivity index (χ3n) is 5.07. The molecule has 6 nitrogen and oxygen atoms in total. The Balaban J connectivity index is 1.36. The number of thiazole rings is 1. The van der Waals surface area contributed by atoms with Gasteiger partial charge in [-0.3, -0.25) is 4.79 Å². The number of hydrogen-bond acceptors (Lipinski definition) is 6. The van der Waals surface area contributed by atoms with Crippen molar-refractivity contribution in [2.24, 2.45) is 11.8 Å². The van der Waals surface area contributed by atoms with Crippen LogP contribution in [-0.2, 0) is 4.79 Å². The summed E-state index contributed by atoms with van der Waals surface area (Å²) in [6.45, 7) is 4.53. The van der Waals surface area contributed by atoms with Crippen LogP contribution in [0.2, 0.25) is 0 Å². The highest BCUT2D eigenvalue weighted by atomic mass is 32.1. The van der Waals surface area contributed by atoms with Gasteiger partial charge < -0.3 is 20.1 Å². The molecule has 3 heterocycles. The minimum atomic E-state index is 0.0367. The van der Waals surface area contributed by atoms with Crippen LogP contribution in [0.4, 0.5) is 5.13 Å². The molecule has 0 saturated carbocycles. The first kappa shape index (κ1) is 17.3. The van der Waals surface area contributed by atoms with Crippen molar-refractivity contribution in [1.82, 2.24) is 10.3 Å². The van der Waals surface area contributed by atoms with E-state index in [-0.39, 0.29) is 12.7 Å². The van der Waals surface area contributed by atoms with E-state index < -0.39 is 0 Å². The van der Waals surface area contributed by atoms with E-state index in [9.17, 15) is 4.79 Å². The summed E-state index contributed by atoms with van der Waals surface area (Å²) < 4.78 is 10.7. The fourth-order valence-corrected chi connectivity index (χ4v) is 4.25. The minimum Gasteiger partial charge on any atom is -0.454 e. The maximum Gasteiger partial charge on any atom is 0.231 e. The maximum absolute atomic E-state index is 12.4. The summed E-state index contributed by atoms with van der Waals surface area (Å²) >= 11 is 1.44. The van der Waals surface area contributed by atoms with Gasteiger partial charge in [0.15, 0.2) is 16.6 Å². The number of piperidine rings is 1. The van der Waals surface area contributed by atoms with E-state index in [0.717, 1.165) is 35.8 Å². The van der Waals surface area contributed by atoms with Gasteiger partial charge in [-0.15, -0.1) is 11.3 Å². The summed E-state index contributed by atoms with van der Waals surface area (Å²) in [7, 11) is 0. The number of rotatable bonds is 5. The predicted molar refractivity (Wildman–Crippen MR) is 102 cm³/mol. The van der Waals surface area contributed by atoms with Crippen molar-refractivity contribution in [3.05, 3.63) is 23.6 Å². The Morgan fingerprint density at radius 2 is 2.31 bits per heavy atom. The third-order valence-corrected chi connectivity index (χ3v) is 5.82. The lowest BCUT2D eigenvalue weighted by molar-refractivity contribution is -0.117. The number of hydrogen-bond donors (Lipinski definition) is 2. The van der Waals surface area contributed by atoms with Gasteiger partial charge in [-0.25, -0.2) is 4.98 Å². The molecule has 1 aromatic heterocycles. The molecule has 2 aliphatic heterocycles. The summed E-state index contributed by atoms with van der Waals surface area (Å²) in [6, 6.07) is 5.75. The van der Waals surface area contributed by atoms with E-state index in [1.807, 2.05) is 23.6 Å². The molecule has 1 fully saturated rings. The van der Waals surface area contributed by atoms with Crippen molar-refractivity contribution < 1.29 is 14.3 Å². The Morgan fingerprint density at radius 3 is 3.15 bits per heavy atom. The van der Waals surface area contributed by atoms with Crippen LogP contribution in [0.3, 0.4) is 0 Å². The smallest absolute Gasteiger partial charge is 0.231 e. The predicted octanol–water partition coefficient (Wildman–Crippen LogP) is 3.50. The van der Waals surface area contributed by atoms with Crippen molar-refractivity contribution in [2.45, 2.75) is 26.2 Å². The lowest BCUT2D eigenvalue weighted by atomic mass is 9.85. The van der Waals surface area contributed by atoms with Crippen LogP contribution in [0, 0.1) is 11.8 Å². The maximum atomic E-state index is 12.4. The summed E-state index contributed by atoms with van der Waals surface area (Å²) in [5, 5.41) is 8.95. The van der Waals surface area contributed by atoms with Gasteiger partial charge in [0.2, 0.25) is 12.7 Å². The van der Waals surface area contributed by atoms with Gasteiger partial charge in [-0.2, -0.15) is 0 Å². The van der Waals surface area contributed by atoms with Gasteiger partial charge in [0.05, 0.1) is 5.69 Å². The Bertz CT molecular complexity index is 786. The number of ether oxygens (including phenoxy) is 2. The molecule has 2 unspecified atom stereocenters. The Hall–Kier alpha value is -2.12. The molecule has 1 amide bonds. The molecular formula is C19H23N3O3S. The van der Waals surface area contributed by atoms with Crippen molar-refractivity contribution in [3.63, 3.8) is 0 Å². The standard InChI is InChI=1S/C19H23N3O3S/c1-12(14-3-2-6-20-9-14)7-18(23)22-19-21-15(10-26-19)13-4-5-16-17(8-13)25-11-24-16/h4-5,8,10,12,14,20H,2-3,6-7,9,11H2,1H3,(H,21,22,23). The van der Waals surface area contributed by atoms with Crippen LogP contribution in [0.1, 0.15) is 26.2 Å². The van der Waals surface area contributed by atoms with Crippen molar-refractivity contribution in [3.8, 4) is 22.8 Å². The average Bonchev–Trinajstić information content (AvgIpc) is 3.30. The molecule has 2 aliphatic rings. The third kappa shape index (κ3) is 3.83. The summed E-state index contributed by atoms with van der Waals surface area (Å²) in [6.07, 6.45) is 2.93. The molecule has 7 heteroatoms. The lowest BCUT2D eigenvalue weighted by Crippen LogP contribution is -2.34. The highest BCUT2D eigenvalue weighted by molar-refractivity contribution is 7.14. The number of anilines is 1. The van der Waals surface area contributed by atoms with Crippen molar-refractivity contribution in [1.29, 1.82) is 0 Å². The molecule has 1 aromatic carbocycles. The van der Waals surface area contributed by atoms with Crippen LogP contribution in [0.5, 0.6) is 11.5 Å². The Morgan fingerprint density at radius 1 is 1.42 bits per heavy atom. The van der Waals surface area contributed by atoms with Gasteiger partial charge in [0, 0.05) is 17.4 Å². The van der Waals surface area contributed by atoms with Crippen LogP contribution in [0.25, 0.3) is 11.3 Å². The molecule has 4 rings (SSSR count). The molecule has 0 radical (unpaired) electrons. The molecule has 138 valence electrons. The molecule has 0 spiro atoms. The quantitative estimate of drug-likeness (QED) is 0.839. The first-order chi connectivity index (χ1) is 12.7. The normalized spacial score (nSPS) is 20.0. The van der Waals surface area contributed by atoms with E-state index in [1.54, 1.807) is 0 Å². The number of aromatic nitrogens is 1. The van der Waals surface area contributed by atoms with Crippen LogP contribution in [0.15, 0.2) is 23.6 Å². The van der Waals surface area contributed by atoms with Crippen LogP contribution in [-0.4, -0.2) is 30.8 Å². The van der Waals surface area contributed by atoms with E-state index >= 15 is 0 Å². The van der Waals surface area contributed by atoms with E-state index in [1.165, 1.54) is 24.2 Å². The van der Waals surface area contributed by atoms with Gasteiger partial charge in [0.1, 0.15) is 0 Å². The van der Waals surface area contributed by atoms with Crippen molar-refractivity contribution in [2.75, 3.05) is 25.2 Å². The van der Waals surface area contributed by atoms with E-state index in [4.69, 9.17) is 9.47 Å². The highest BCUT2D eigenvalue weighted by Gasteiger charge is 2.22. The summed E-state index contributed by atoms with van der Waals surface area (Å²) in [5.74, 6) is 2.47. The Labute approximate surface area is 156 Å². The second-order valence-corrected chi connectivity index (χ2v) is 7.80. The Kier molecular flexibility index (Phi) is 5.08. The monoisotopic (exact) mass is 373 g/mol. The second kappa shape index (κ2) is 7.63. The fourth-order valence-electron chi connectivity index (χ4n) is 3.51. The number of amides is 1. The number of benzene rings is 1. The van der Waals surface area contributed by atoms with Crippen molar-refractivity contribution >= 4 is 22.4 Å². The number of fused-ring (bicyclic) bond motifs is 1. The molecule has 2 N–H and O–H groups in total. The molecule has 2 aromatic rings. The highest BCUT2D eigenvalue weighted by Crippen LogP contribution is 2.36. The fraction of sp³-hybridized carbons (Fsp3) is 0.474. The van der Waals surface area contributed by atoms with Crippen LogP contribution >= 0.6 is 11.3 Å². The first-order valence-electron chi connectivity index (χ1n) is 9.05. The minimum absolute atomic E-state index is 0.0367. The summed E-state index contributed by atoms with van der Waals surface area (Å²) in [4.78, 5) is 16.9. The average molecular weight is 373 g/mol. The summed E-state index contributed by atoms with van der Waals surface area (Å²) in [5.41, 5.74) is 1.78. The molecule has 0 bridgehead atoms. The molecule has 26 heavy (non-hydrogen) atoms. The molecule has 2 atom stereocenters. The zero-order chi connectivity index (χ0) is 17.9. The number of carbonyl (C=O) groups excluding carboxylic acids is 1. The lowest BCUT2D eigenvalue weighted by Gasteiger charge is -2.27. The van der Waals surface area contributed by atoms with Gasteiger partial charge in [-0.1, -0.05) is 6.92 Å². The first-order valence-corrected chi connectivity index (χ1v) is 9.93. The topological polar surface area (TPSA) is 72.5 Å². The van der Waals surface area contributed by atoms with Crippen LogP contribution < -0.4 is 20.1 Å².